The van der Waals surface area contributed by atoms with Crippen LogP contribution in [0.4, 0.5) is 5.82 Å². The van der Waals surface area contributed by atoms with Gasteiger partial charge in [-0.1, -0.05) is 19.8 Å². The Bertz CT molecular complexity index is 432. The fourth-order valence-corrected chi connectivity index (χ4v) is 2.72. The molecule has 5 heteroatoms. The molecule has 1 N–H and O–H groups in total. The molecule has 1 fully saturated rings. The third-order valence-electron chi connectivity index (χ3n) is 3.94. The Labute approximate surface area is 120 Å². The lowest BCUT2D eigenvalue weighted by Gasteiger charge is -2.20. The maximum absolute atomic E-state index is 12.2. The number of aromatic nitrogens is 2. The number of nitrogens with one attached hydrogen (secondary N) is 1. The highest BCUT2D eigenvalue weighted by Crippen LogP contribution is 2.23. The number of hydrogen-bond donors (Lipinski definition) is 1. The molecule has 1 aromatic heterocycles. The summed E-state index contributed by atoms with van der Waals surface area (Å²) in [6, 6.07) is 0. The van der Waals surface area contributed by atoms with E-state index in [0.29, 0.717) is 18.9 Å². The monoisotopic (exact) mass is 276 g/mol. The summed E-state index contributed by atoms with van der Waals surface area (Å²) in [5.41, 5.74) is 0.853. The van der Waals surface area contributed by atoms with Crippen molar-refractivity contribution in [2.75, 3.05) is 18.9 Å². The van der Waals surface area contributed by atoms with Gasteiger partial charge in [-0.05, 0) is 18.8 Å². The molecule has 0 saturated carbocycles. The van der Waals surface area contributed by atoms with Gasteiger partial charge < -0.3 is 10.2 Å². The molecular formula is C15H24N4O. The Morgan fingerprint density at radius 3 is 2.85 bits per heavy atom. The van der Waals surface area contributed by atoms with Crippen LogP contribution in [0.3, 0.4) is 0 Å². The second-order valence-corrected chi connectivity index (χ2v) is 5.44. The van der Waals surface area contributed by atoms with E-state index in [1.54, 1.807) is 12.4 Å². The van der Waals surface area contributed by atoms with Crippen molar-refractivity contribution >= 4 is 11.7 Å². The first-order chi connectivity index (χ1) is 9.72. The molecule has 0 radical (unpaired) electrons. The maximum Gasteiger partial charge on any atom is 0.222 e. The number of carbonyl (C=O) groups is 1. The van der Waals surface area contributed by atoms with Gasteiger partial charge in [-0.3, -0.25) is 9.78 Å². The molecule has 0 aliphatic carbocycles. The molecule has 1 saturated heterocycles. The molecule has 1 amide bonds. The van der Waals surface area contributed by atoms with Gasteiger partial charge in [0.05, 0.1) is 24.6 Å². The third-order valence-corrected chi connectivity index (χ3v) is 3.94. The van der Waals surface area contributed by atoms with Crippen molar-refractivity contribution in [1.29, 1.82) is 0 Å². The third kappa shape index (κ3) is 3.92. The molecule has 20 heavy (non-hydrogen) atoms. The average molecular weight is 276 g/mol. The second kappa shape index (κ2) is 7.22. The summed E-state index contributed by atoms with van der Waals surface area (Å²) in [4.78, 5) is 22.7. The molecule has 2 rings (SSSR count). The molecule has 1 atom stereocenters. The Morgan fingerprint density at radius 1 is 1.35 bits per heavy atom. The van der Waals surface area contributed by atoms with Crippen LogP contribution in [0.5, 0.6) is 0 Å². The number of nitrogens with zero attached hydrogens (tertiary/aromatic N) is 3. The summed E-state index contributed by atoms with van der Waals surface area (Å²) in [6.45, 7) is 3.64. The summed E-state index contributed by atoms with van der Waals surface area (Å²) in [7, 11) is 1.82. The fourth-order valence-electron chi connectivity index (χ4n) is 2.72. The van der Waals surface area contributed by atoms with Crippen molar-refractivity contribution in [3.8, 4) is 0 Å². The minimum absolute atomic E-state index is 0.253. The van der Waals surface area contributed by atoms with Crippen LogP contribution < -0.4 is 5.32 Å². The first kappa shape index (κ1) is 14.8. The first-order valence-corrected chi connectivity index (χ1v) is 7.49. The lowest BCUT2D eigenvalue weighted by Crippen LogP contribution is -2.30. The molecule has 1 aliphatic heterocycles. The molecular weight excluding hydrogens is 252 g/mol. The Hall–Kier alpha value is -1.65. The highest BCUT2D eigenvalue weighted by Gasteiger charge is 2.22. The largest absolute Gasteiger partial charge is 0.372 e. The van der Waals surface area contributed by atoms with E-state index in [1.165, 1.54) is 12.8 Å². The number of hydrogen-bond acceptors (Lipinski definition) is 4. The van der Waals surface area contributed by atoms with E-state index in [2.05, 4.69) is 22.2 Å². The van der Waals surface area contributed by atoms with Crippen molar-refractivity contribution in [2.24, 2.45) is 5.92 Å². The molecule has 2 heterocycles. The SMILES string of the molecule is CCCC1CCC(=O)N(Cc2cnc(NC)cn2)CC1. The van der Waals surface area contributed by atoms with E-state index in [-0.39, 0.29) is 5.91 Å². The molecule has 110 valence electrons. The van der Waals surface area contributed by atoms with Gasteiger partial charge in [0.25, 0.3) is 0 Å². The molecule has 5 nitrogen and oxygen atoms in total. The standard InChI is InChI=1S/C15H24N4O/c1-3-4-12-5-6-15(20)19(8-7-12)11-13-9-18-14(16-2)10-17-13/h9-10,12H,3-8,11H2,1-2H3,(H,16,18). The molecule has 0 bridgehead atoms. The number of carbonyl (C=O) groups excluding carboxylic acids is 1. The zero-order chi connectivity index (χ0) is 14.4. The lowest BCUT2D eigenvalue weighted by atomic mass is 9.96. The normalized spacial score (nSPS) is 19.8. The van der Waals surface area contributed by atoms with Gasteiger partial charge in [-0.15, -0.1) is 0 Å². The van der Waals surface area contributed by atoms with Gasteiger partial charge in [0.1, 0.15) is 5.82 Å². The first-order valence-electron chi connectivity index (χ1n) is 7.49. The Kier molecular flexibility index (Phi) is 5.32. The van der Waals surface area contributed by atoms with E-state index in [1.807, 2.05) is 11.9 Å². The lowest BCUT2D eigenvalue weighted by molar-refractivity contribution is -0.131. The van der Waals surface area contributed by atoms with Crippen molar-refractivity contribution in [3.63, 3.8) is 0 Å². The van der Waals surface area contributed by atoms with E-state index in [4.69, 9.17) is 0 Å². The minimum atomic E-state index is 0.253. The van der Waals surface area contributed by atoms with Crippen molar-refractivity contribution < 1.29 is 4.79 Å². The summed E-state index contributed by atoms with van der Waals surface area (Å²) in [6.07, 6.45) is 8.71. The van der Waals surface area contributed by atoms with Crippen molar-refractivity contribution in [3.05, 3.63) is 18.1 Å². The van der Waals surface area contributed by atoms with Crippen LogP contribution in [-0.4, -0.2) is 34.4 Å². The molecule has 1 unspecified atom stereocenters. The van der Waals surface area contributed by atoms with Gasteiger partial charge in [0, 0.05) is 20.0 Å². The molecule has 1 aromatic rings. The van der Waals surface area contributed by atoms with Crippen LogP contribution in [0.1, 0.15) is 44.7 Å². The van der Waals surface area contributed by atoms with Crippen LogP contribution >= 0.6 is 0 Å². The van der Waals surface area contributed by atoms with Gasteiger partial charge in [0.15, 0.2) is 0 Å². The number of anilines is 1. The molecule has 0 spiro atoms. The smallest absolute Gasteiger partial charge is 0.222 e. The van der Waals surface area contributed by atoms with E-state index < -0.39 is 0 Å². The van der Waals surface area contributed by atoms with Crippen LogP contribution in [0.25, 0.3) is 0 Å². The quantitative estimate of drug-likeness (QED) is 0.897. The van der Waals surface area contributed by atoms with Gasteiger partial charge in [-0.25, -0.2) is 4.98 Å². The number of amides is 1. The zero-order valence-corrected chi connectivity index (χ0v) is 12.4. The molecule has 0 aromatic carbocycles. The van der Waals surface area contributed by atoms with E-state index in [0.717, 1.165) is 30.9 Å². The van der Waals surface area contributed by atoms with Gasteiger partial charge in [-0.2, -0.15) is 0 Å². The second-order valence-electron chi connectivity index (χ2n) is 5.44. The van der Waals surface area contributed by atoms with Gasteiger partial charge >= 0.3 is 0 Å². The number of likely N-dealkylation sites (tertiary alicyclic amines) is 1. The topological polar surface area (TPSA) is 58.1 Å². The van der Waals surface area contributed by atoms with Gasteiger partial charge in [0.2, 0.25) is 5.91 Å². The van der Waals surface area contributed by atoms with E-state index in [9.17, 15) is 4.79 Å². The Morgan fingerprint density at radius 2 is 2.20 bits per heavy atom. The van der Waals surface area contributed by atoms with Crippen LogP contribution in [0, 0.1) is 5.92 Å². The van der Waals surface area contributed by atoms with Crippen LogP contribution in [0.15, 0.2) is 12.4 Å². The predicted octanol–water partition coefficient (Wildman–Crippen LogP) is 2.45. The summed E-state index contributed by atoms with van der Waals surface area (Å²) in [5, 5.41) is 2.94. The summed E-state index contributed by atoms with van der Waals surface area (Å²) in [5.74, 6) is 1.70. The van der Waals surface area contributed by atoms with Crippen molar-refractivity contribution in [1.82, 2.24) is 14.9 Å². The Balaban J connectivity index is 1.95. The van der Waals surface area contributed by atoms with Crippen molar-refractivity contribution in [2.45, 2.75) is 45.6 Å². The van der Waals surface area contributed by atoms with E-state index >= 15 is 0 Å². The number of rotatable bonds is 5. The van der Waals surface area contributed by atoms with Crippen LogP contribution in [0.2, 0.25) is 0 Å². The zero-order valence-electron chi connectivity index (χ0n) is 12.4. The summed E-state index contributed by atoms with van der Waals surface area (Å²) >= 11 is 0. The maximum atomic E-state index is 12.2. The fraction of sp³-hybridized carbons (Fsp3) is 0.667. The summed E-state index contributed by atoms with van der Waals surface area (Å²) < 4.78 is 0. The van der Waals surface area contributed by atoms with Crippen LogP contribution in [-0.2, 0) is 11.3 Å². The highest BCUT2D eigenvalue weighted by atomic mass is 16.2. The molecule has 1 aliphatic rings. The predicted molar refractivity (Wildman–Crippen MR) is 79.2 cm³/mol. The minimum Gasteiger partial charge on any atom is -0.372 e. The highest BCUT2D eigenvalue weighted by molar-refractivity contribution is 5.76. The average Bonchev–Trinajstić information content (AvgIpc) is 2.64.